The number of nitrogens with zero attached hydrogens (tertiary/aromatic N) is 1. The standard InChI is InChI=1S/C19H20N2O6/c1-12(19(22)20-23)21(8-13-2-4-15-17(6-13)26-10-24-15)9-14-3-5-16-18(7-14)27-11-25-16/h2-7,12,23H,8-11H2,1H3,(H,20,22). The molecule has 0 aliphatic carbocycles. The minimum absolute atomic E-state index is 0.211. The lowest BCUT2D eigenvalue weighted by Gasteiger charge is -2.28. The third-order valence-electron chi connectivity index (χ3n) is 4.68. The number of carbonyl (C=O) groups is 1. The molecule has 142 valence electrons. The molecule has 0 fully saturated rings. The fourth-order valence-corrected chi connectivity index (χ4v) is 3.14. The van der Waals surface area contributed by atoms with Crippen molar-refractivity contribution in [2.45, 2.75) is 26.1 Å². The van der Waals surface area contributed by atoms with Crippen LogP contribution in [-0.4, -0.2) is 35.6 Å². The van der Waals surface area contributed by atoms with Crippen molar-refractivity contribution in [1.82, 2.24) is 10.4 Å². The summed E-state index contributed by atoms with van der Waals surface area (Å²) in [7, 11) is 0. The van der Waals surface area contributed by atoms with Crippen LogP contribution in [0.25, 0.3) is 0 Å². The normalized spacial score (nSPS) is 15.1. The van der Waals surface area contributed by atoms with E-state index in [0.29, 0.717) is 36.1 Å². The summed E-state index contributed by atoms with van der Waals surface area (Å²) in [6.07, 6.45) is 0. The zero-order chi connectivity index (χ0) is 18.8. The predicted octanol–water partition coefficient (Wildman–Crippen LogP) is 2.04. The maximum atomic E-state index is 12.0. The summed E-state index contributed by atoms with van der Waals surface area (Å²) in [6.45, 7) is 3.14. The van der Waals surface area contributed by atoms with E-state index in [9.17, 15) is 4.79 Å². The molecule has 8 nitrogen and oxygen atoms in total. The summed E-state index contributed by atoms with van der Waals surface area (Å²) in [5.74, 6) is 2.32. The van der Waals surface area contributed by atoms with Gasteiger partial charge in [-0.05, 0) is 42.3 Å². The van der Waals surface area contributed by atoms with Crippen LogP contribution >= 0.6 is 0 Å². The maximum absolute atomic E-state index is 12.0. The molecule has 0 bridgehead atoms. The van der Waals surface area contributed by atoms with E-state index in [-0.39, 0.29) is 13.6 Å². The van der Waals surface area contributed by atoms with E-state index in [1.54, 1.807) is 12.4 Å². The molecular formula is C19H20N2O6. The molecule has 1 amide bonds. The highest BCUT2D eigenvalue weighted by Gasteiger charge is 2.24. The smallest absolute Gasteiger partial charge is 0.260 e. The van der Waals surface area contributed by atoms with E-state index in [4.69, 9.17) is 24.2 Å². The van der Waals surface area contributed by atoms with Crippen LogP contribution in [0.5, 0.6) is 23.0 Å². The second-order valence-electron chi connectivity index (χ2n) is 6.43. The number of carbonyl (C=O) groups excluding carboxylic acids is 1. The third kappa shape index (κ3) is 3.62. The zero-order valence-corrected chi connectivity index (χ0v) is 14.8. The molecule has 2 aliphatic heterocycles. The number of hydrogen-bond donors (Lipinski definition) is 2. The van der Waals surface area contributed by atoms with Crippen molar-refractivity contribution < 1.29 is 28.9 Å². The Morgan fingerprint density at radius 2 is 1.44 bits per heavy atom. The van der Waals surface area contributed by atoms with Crippen LogP contribution in [0.1, 0.15) is 18.1 Å². The van der Waals surface area contributed by atoms with E-state index in [0.717, 1.165) is 11.1 Å². The molecule has 1 atom stereocenters. The van der Waals surface area contributed by atoms with Gasteiger partial charge in [0.15, 0.2) is 23.0 Å². The highest BCUT2D eigenvalue weighted by atomic mass is 16.7. The van der Waals surface area contributed by atoms with Gasteiger partial charge in [-0.1, -0.05) is 12.1 Å². The predicted molar refractivity (Wildman–Crippen MR) is 93.8 cm³/mol. The molecule has 0 aromatic heterocycles. The first-order chi connectivity index (χ1) is 13.1. The summed E-state index contributed by atoms with van der Waals surface area (Å²) in [6, 6.07) is 10.8. The second kappa shape index (κ2) is 7.34. The number of amides is 1. The average molecular weight is 372 g/mol. The van der Waals surface area contributed by atoms with Crippen LogP contribution in [0.4, 0.5) is 0 Å². The molecule has 0 radical (unpaired) electrons. The van der Waals surface area contributed by atoms with E-state index < -0.39 is 11.9 Å². The van der Waals surface area contributed by atoms with E-state index >= 15 is 0 Å². The quantitative estimate of drug-likeness (QED) is 0.592. The van der Waals surface area contributed by atoms with E-state index in [1.165, 1.54) is 0 Å². The topological polar surface area (TPSA) is 89.5 Å². The van der Waals surface area contributed by atoms with Gasteiger partial charge in [0, 0.05) is 13.1 Å². The van der Waals surface area contributed by atoms with Gasteiger partial charge in [-0.15, -0.1) is 0 Å². The van der Waals surface area contributed by atoms with Gasteiger partial charge in [-0.25, -0.2) is 5.48 Å². The largest absolute Gasteiger partial charge is 0.454 e. The van der Waals surface area contributed by atoms with Gasteiger partial charge in [0.2, 0.25) is 13.6 Å². The fraction of sp³-hybridized carbons (Fsp3) is 0.316. The summed E-state index contributed by atoms with van der Waals surface area (Å²) < 4.78 is 21.5. The monoisotopic (exact) mass is 372 g/mol. The summed E-state index contributed by atoms with van der Waals surface area (Å²) in [4.78, 5) is 14.0. The Hall–Kier alpha value is -2.97. The van der Waals surface area contributed by atoms with Gasteiger partial charge in [-0.3, -0.25) is 14.9 Å². The molecule has 27 heavy (non-hydrogen) atoms. The van der Waals surface area contributed by atoms with Crippen LogP contribution in [0.3, 0.4) is 0 Å². The van der Waals surface area contributed by atoms with Crippen molar-refractivity contribution in [2.75, 3.05) is 13.6 Å². The first kappa shape index (κ1) is 17.4. The Kier molecular flexibility index (Phi) is 4.74. The van der Waals surface area contributed by atoms with Crippen molar-refractivity contribution in [2.24, 2.45) is 0 Å². The van der Waals surface area contributed by atoms with Gasteiger partial charge in [0.25, 0.3) is 5.91 Å². The van der Waals surface area contributed by atoms with Crippen molar-refractivity contribution in [1.29, 1.82) is 0 Å². The van der Waals surface area contributed by atoms with E-state index in [1.807, 2.05) is 41.3 Å². The van der Waals surface area contributed by atoms with Crippen molar-refractivity contribution in [3.8, 4) is 23.0 Å². The summed E-state index contributed by atoms with van der Waals surface area (Å²) in [5.41, 5.74) is 3.67. The van der Waals surface area contributed by atoms with Gasteiger partial charge in [0.1, 0.15) is 0 Å². The zero-order valence-electron chi connectivity index (χ0n) is 14.8. The SMILES string of the molecule is CC(C(=O)NO)N(Cc1ccc2c(c1)OCO2)Cc1ccc2c(c1)OCO2. The molecule has 8 heteroatoms. The molecule has 4 rings (SSSR count). The maximum Gasteiger partial charge on any atom is 0.260 e. The van der Waals surface area contributed by atoms with Gasteiger partial charge in [0.05, 0.1) is 6.04 Å². The molecule has 0 saturated heterocycles. The van der Waals surface area contributed by atoms with E-state index in [2.05, 4.69) is 0 Å². The molecule has 2 aromatic carbocycles. The number of hydrogen-bond acceptors (Lipinski definition) is 7. The van der Waals surface area contributed by atoms with Gasteiger partial charge >= 0.3 is 0 Å². The number of benzene rings is 2. The number of hydroxylamine groups is 1. The lowest BCUT2D eigenvalue weighted by molar-refractivity contribution is -0.134. The molecule has 1 unspecified atom stereocenters. The van der Waals surface area contributed by atoms with Crippen LogP contribution in [0.15, 0.2) is 36.4 Å². The second-order valence-corrected chi connectivity index (χ2v) is 6.43. The first-order valence-corrected chi connectivity index (χ1v) is 8.59. The Labute approximate surface area is 156 Å². The van der Waals surface area contributed by atoms with Gasteiger partial charge < -0.3 is 18.9 Å². The first-order valence-electron chi connectivity index (χ1n) is 8.59. The lowest BCUT2D eigenvalue weighted by Crippen LogP contribution is -2.43. The van der Waals surface area contributed by atoms with Crippen LogP contribution in [0, 0.1) is 0 Å². The number of rotatable bonds is 6. The minimum Gasteiger partial charge on any atom is -0.454 e. The molecule has 2 heterocycles. The highest BCUT2D eigenvalue weighted by molar-refractivity contribution is 5.80. The van der Waals surface area contributed by atoms with Crippen molar-refractivity contribution >= 4 is 5.91 Å². The number of fused-ring (bicyclic) bond motifs is 2. The number of ether oxygens (including phenoxy) is 4. The van der Waals surface area contributed by atoms with Crippen LogP contribution in [-0.2, 0) is 17.9 Å². The number of nitrogens with one attached hydrogen (secondary N) is 1. The highest BCUT2D eigenvalue weighted by Crippen LogP contribution is 2.34. The Bertz CT molecular complexity index is 797. The minimum atomic E-state index is -0.550. The average Bonchev–Trinajstić information content (AvgIpc) is 3.34. The van der Waals surface area contributed by atoms with Crippen LogP contribution < -0.4 is 24.4 Å². The van der Waals surface area contributed by atoms with Crippen molar-refractivity contribution in [3.63, 3.8) is 0 Å². The fourth-order valence-electron chi connectivity index (χ4n) is 3.14. The van der Waals surface area contributed by atoms with Crippen molar-refractivity contribution in [3.05, 3.63) is 47.5 Å². The summed E-state index contributed by atoms with van der Waals surface area (Å²) in [5, 5.41) is 9.04. The molecule has 2 aliphatic rings. The molecule has 0 saturated carbocycles. The lowest BCUT2D eigenvalue weighted by atomic mass is 10.1. The Morgan fingerprint density at radius 1 is 0.963 bits per heavy atom. The third-order valence-corrected chi connectivity index (χ3v) is 4.68. The summed E-state index contributed by atoms with van der Waals surface area (Å²) >= 11 is 0. The molecular weight excluding hydrogens is 352 g/mol. The van der Waals surface area contributed by atoms with Crippen LogP contribution in [0.2, 0.25) is 0 Å². The van der Waals surface area contributed by atoms with Gasteiger partial charge in [-0.2, -0.15) is 0 Å². The Balaban J connectivity index is 1.56. The Morgan fingerprint density at radius 3 is 1.93 bits per heavy atom. The molecule has 0 spiro atoms. The molecule has 2 aromatic rings. The molecule has 2 N–H and O–H groups in total.